The highest BCUT2D eigenvalue weighted by Gasteiger charge is 2.12. The molecule has 2 atom stereocenters. The highest BCUT2D eigenvalue weighted by Crippen LogP contribution is 2.14. The molecule has 0 bridgehead atoms. The fourth-order valence-corrected chi connectivity index (χ4v) is 1.81. The molecule has 0 radical (unpaired) electrons. The maximum atomic E-state index is 11.8. The first-order valence-electron chi connectivity index (χ1n) is 6.98. The minimum Gasteiger partial charge on any atom is -0.489 e. The van der Waals surface area contributed by atoms with Gasteiger partial charge >= 0.3 is 0 Å². The van der Waals surface area contributed by atoms with Gasteiger partial charge in [0.1, 0.15) is 11.4 Å². The monoisotopic (exact) mass is 296 g/mol. The summed E-state index contributed by atoms with van der Waals surface area (Å²) >= 11 is 4.25. The Morgan fingerprint density at radius 3 is 2.55 bits per heavy atom. The Labute approximate surface area is 126 Å². The summed E-state index contributed by atoms with van der Waals surface area (Å²) in [6, 6.07) is 3.52. The number of thiol groups is 1. The Hall–Kier alpha value is -1.07. The van der Waals surface area contributed by atoms with Crippen LogP contribution in [0.15, 0.2) is 18.3 Å². The van der Waals surface area contributed by atoms with Crippen molar-refractivity contribution in [2.75, 3.05) is 6.54 Å². The molecule has 0 spiro atoms. The van der Waals surface area contributed by atoms with Crippen LogP contribution in [0.2, 0.25) is 0 Å². The van der Waals surface area contributed by atoms with Gasteiger partial charge < -0.3 is 10.1 Å². The quantitative estimate of drug-likeness (QED) is 0.440. The highest BCUT2D eigenvalue weighted by molar-refractivity contribution is 7.80. The molecule has 0 aliphatic rings. The number of carbonyl (C=O) groups is 1. The predicted octanol–water partition coefficient (Wildman–Crippen LogP) is 2.94. The van der Waals surface area contributed by atoms with Crippen molar-refractivity contribution in [3.8, 4) is 5.75 Å². The van der Waals surface area contributed by atoms with E-state index in [0.717, 1.165) is 13.0 Å². The predicted molar refractivity (Wildman–Crippen MR) is 84.6 cm³/mol. The van der Waals surface area contributed by atoms with Crippen molar-refractivity contribution >= 4 is 18.4 Å². The first kappa shape index (κ1) is 17.0. The second kappa shape index (κ2) is 8.27. The van der Waals surface area contributed by atoms with Gasteiger partial charge in [-0.05, 0) is 38.9 Å². The van der Waals surface area contributed by atoms with E-state index < -0.39 is 0 Å². The molecule has 0 fully saturated rings. The Morgan fingerprint density at radius 1 is 1.35 bits per heavy atom. The van der Waals surface area contributed by atoms with Crippen molar-refractivity contribution in [2.24, 2.45) is 5.92 Å². The largest absolute Gasteiger partial charge is 0.489 e. The number of pyridine rings is 1. The van der Waals surface area contributed by atoms with Crippen LogP contribution in [-0.4, -0.2) is 28.8 Å². The second-order valence-corrected chi connectivity index (χ2v) is 6.02. The maximum absolute atomic E-state index is 11.8. The van der Waals surface area contributed by atoms with Gasteiger partial charge in [-0.25, -0.2) is 4.98 Å². The average molecular weight is 296 g/mol. The Balaban J connectivity index is 2.47. The molecular weight excluding hydrogens is 272 g/mol. The normalized spacial score (nSPS) is 14.1. The highest BCUT2D eigenvalue weighted by atomic mass is 32.1. The minimum atomic E-state index is -0.0394. The maximum Gasteiger partial charge on any atom is 0.183 e. The Bertz CT molecular complexity index is 418. The molecule has 2 unspecified atom stereocenters. The third-order valence-corrected chi connectivity index (χ3v) is 3.02. The van der Waals surface area contributed by atoms with Crippen LogP contribution in [0.5, 0.6) is 5.75 Å². The lowest BCUT2D eigenvalue weighted by Crippen LogP contribution is -2.26. The first-order chi connectivity index (χ1) is 9.40. The molecule has 5 heteroatoms. The van der Waals surface area contributed by atoms with Gasteiger partial charge in [0.15, 0.2) is 5.78 Å². The van der Waals surface area contributed by atoms with Crippen molar-refractivity contribution in [1.29, 1.82) is 0 Å². The van der Waals surface area contributed by atoms with Crippen LogP contribution >= 0.6 is 12.6 Å². The number of rotatable bonds is 8. The average Bonchev–Trinajstić information content (AvgIpc) is 2.38. The SMILES string of the molecule is CC(S)NCCC(C)Oc1ccc(C(=O)C(C)C)nc1. The molecule has 1 aromatic rings. The Morgan fingerprint density at radius 2 is 2.05 bits per heavy atom. The van der Waals surface area contributed by atoms with Crippen molar-refractivity contribution in [3.63, 3.8) is 0 Å². The van der Waals surface area contributed by atoms with E-state index in [0.29, 0.717) is 11.4 Å². The number of hydrogen-bond acceptors (Lipinski definition) is 5. The van der Waals surface area contributed by atoms with Crippen molar-refractivity contribution in [3.05, 3.63) is 24.0 Å². The zero-order valence-corrected chi connectivity index (χ0v) is 13.5. The van der Waals surface area contributed by atoms with E-state index in [1.807, 2.05) is 27.7 Å². The van der Waals surface area contributed by atoms with Crippen molar-refractivity contribution in [1.82, 2.24) is 10.3 Å². The number of ether oxygens (including phenoxy) is 1. The third-order valence-electron chi connectivity index (χ3n) is 2.84. The smallest absolute Gasteiger partial charge is 0.183 e. The van der Waals surface area contributed by atoms with Crippen LogP contribution in [0, 0.1) is 5.92 Å². The molecule has 4 nitrogen and oxygen atoms in total. The standard InChI is InChI=1S/C15H24N2O2S/c1-10(2)15(18)14-6-5-13(9-17-14)19-11(3)7-8-16-12(4)20/h5-6,9-12,16,20H,7-8H2,1-4H3. The van der Waals surface area contributed by atoms with Crippen molar-refractivity contribution in [2.45, 2.75) is 45.6 Å². The molecule has 112 valence electrons. The summed E-state index contributed by atoms with van der Waals surface area (Å²) in [6.45, 7) is 8.59. The van der Waals surface area contributed by atoms with Crippen LogP contribution in [0.25, 0.3) is 0 Å². The lowest BCUT2D eigenvalue weighted by Gasteiger charge is -2.16. The summed E-state index contributed by atoms with van der Waals surface area (Å²) in [4.78, 5) is 15.9. The van der Waals surface area contributed by atoms with Gasteiger partial charge in [-0.1, -0.05) is 13.8 Å². The molecule has 0 amide bonds. The van der Waals surface area contributed by atoms with Gasteiger partial charge in [-0.3, -0.25) is 4.79 Å². The number of Topliss-reactive ketones (excluding diaryl/α,β-unsaturated/α-hetero) is 1. The molecule has 0 saturated heterocycles. The minimum absolute atomic E-state index is 0.0394. The molecule has 0 aliphatic carbocycles. The van der Waals surface area contributed by atoms with Crippen molar-refractivity contribution < 1.29 is 9.53 Å². The van der Waals surface area contributed by atoms with E-state index in [1.165, 1.54) is 0 Å². The number of nitrogens with one attached hydrogen (secondary N) is 1. The third kappa shape index (κ3) is 5.92. The fourth-order valence-electron chi connectivity index (χ4n) is 1.68. The van der Waals surface area contributed by atoms with Gasteiger partial charge in [0, 0.05) is 11.3 Å². The van der Waals surface area contributed by atoms with Gasteiger partial charge in [0.05, 0.1) is 12.3 Å². The van der Waals surface area contributed by atoms with Crippen LogP contribution in [0.3, 0.4) is 0 Å². The molecule has 1 heterocycles. The van der Waals surface area contributed by atoms with Crippen LogP contribution in [-0.2, 0) is 0 Å². The van der Waals surface area contributed by atoms with E-state index in [-0.39, 0.29) is 23.2 Å². The summed E-state index contributed by atoms with van der Waals surface area (Å²) < 4.78 is 5.75. The summed E-state index contributed by atoms with van der Waals surface area (Å²) in [5.74, 6) is 0.704. The number of carbonyl (C=O) groups excluding carboxylic acids is 1. The van der Waals surface area contributed by atoms with E-state index in [2.05, 4.69) is 22.9 Å². The van der Waals surface area contributed by atoms with E-state index in [4.69, 9.17) is 4.74 Å². The number of aromatic nitrogens is 1. The number of nitrogens with zero attached hydrogens (tertiary/aromatic N) is 1. The number of ketones is 1. The molecule has 0 saturated carbocycles. The second-order valence-electron chi connectivity index (χ2n) is 5.25. The van der Waals surface area contributed by atoms with Gasteiger partial charge in [-0.15, -0.1) is 0 Å². The summed E-state index contributed by atoms with van der Waals surface area (Å²) in [5.41, 5.74) is 0.491. The topological polar surface area (TPSA) is 51.2 Å². The van der Waals surface area contributed by atoms with Gasteiger partial charge in [-0.2, -0.15) is 12.6 Å². The van der Waals surface area contributed by atoms with Crippen LogP contribution < -0.4 is 10.1 Å². The first-order valence-corrected chi connectivity index (χ1v) is 7.50. The van der Waals surface area contributed by atoms with Gasteiger partial charge in [0.25, 0.3) is 0 Å². The zero-order valence-electron chi connectivity index (χ0n) is 12.6. The van der Waals surface area contributed by atoms with Gasteiger partial charge in [0.2, 0.25) is 0 Å². The van der Waals surface area contributed by atoms with E-state index in [9.17, 15) is 4.79 Å². The molecule has 1 N–H and O–H groups in total. The summed E-state index contributed by atoms with van der Waals surface area (Å²) in [5, 5.41) is 3.41. The van der Waals surface area contributed by atoms with E-state index in [1.54, 1.807) is 18.3 Å². The zero-order chi connectivity index (χ0) is 15.1. The summed E-state index contributed by atoms with van der Waals surface area (Å²) in [6.07, 6.45) is 2.58. The molecular formula is C15H24N2O2S. The fraction of sp³-hybridized carbons (Fsp3) is 0.600. The van der Waals surface area contributed by atoms with Crippen LogP contribution in [0.1, 0.15) is 44.6 Å². The molecule has 0 aliphatic heterocycles. The van der Waals surface area contributed by atoms with E-state index >= 15 is 0 Å². The van der Waals surface area contributed by atoms with Crippen LogP contribution in [0.4, 0.5) is 0 Å². The lowest BCUT2D eigenvalue weighted by molar-refractivity contribution is 0.0934. The molecule has 1 rings (SSSR count). The molecule has 20 heavy (non-hydrogen) atoms. The molecule has 0 aromatic carbocycles. The molecule has 1 aromatic heterocycles. The summed E-state index contributed by atoms with van der Waals surface area (Å²) in [7, 11) is 0. The lowest BCUT2D eigenvalue weighted by atomic mass is 10.1. The Kier molecular flexibility index (Phi) is 7.02. The number of hydrogen-bond donors (Lipinski definition) is 2.